The first-order valence-corrected chi connectivity index (χ1v) is 11.9. The molecular weight excluding hydrogens is 386 g/mol. The number of primary sulfonamides is 1. The number of rotatable bonds is 5. The van der Waals surface area contributed by atoms with Gasteiger partial charge >= 0.3 is 0 Å². The molecule has 8 heteroatoms. The van der Waals surface area contributed by atoms with Crippen molar-refractivity contribution >= 4 is 21.8 Å². The summed E-state index contributed by atoms with van der Waals surface area (Å²) in [5.74, 6) is 1.88. The largest absolute Gasteiger partial charge is 0.352 e. The Morgan fingerprint density at radius 1 is 1.14 bits per heavy atom. The summed E-state index contributed by atoms with van der Waals surface area (Å²) in [6, 6.07) is 7.66. The standard InChI is InChI=1S/C21H29N5O2S/c1-14(2)19-12-20(25-21(24-19)23-17-5-3-4-6-17)26-10-9-15-7-8-18(29(22,27)28)11-16(15)13-26/h7-8,11-12,14,17H,3-6,9-10,13H2,1-2H3,(H2,22,27,28)(H,23,24,25). The second-order valence-electron chi connectivity index (χ2n) is 8.40. The maximum absolute atomic E-state index is 11.7. The number of anilines is 2. The minimum Gasteiger partial charge on any atom is -0.352 e. The Labute approximate surface area is 172 Å². The monoisotopic (exact) mass is 415 g/mol. The Balaban J connectivity index is 1.63. The molecule has 1 saturated carbocycles. The summed E-state index contributed by atoms with van der Waals surface area (Å²) in [6.45, 7) is 5.71. The minimum atomic E-state index is -3.71. The third-order valence-electron chi connectivity index (χ3n) is 5.85. The van der Waals surface area contributed by atoms with Crippen LogP contribution in [0, 0.1) is 0 Å². The summed E-state index contributed by atoms with van der Waals surface area (Å²) in [5, 5.41) is 8.84. The van der Waals surface area contributed by atoms with Crippen molar-refractivity contribution in [2.75, 3.05) is 16.8 Å². The molecule has 0 radical (unpaired) electrons. The molecule has 0 amide bonds. The van der Waals surface area contributed by atoms with E-state index in [0.29, 0.717) is 24.5 Å². The van der Waals surface area contributed by atoms with Crippen LogP contribution in [0.2, 0.25) is 0 Å². The molecule has 0 unspecified atom stereocenters. The summed E-state index contributed by atoms with van der Waals surface area (Å²) in [6.07, 6.45) is 5.68. The lowest BCUT2D eigenvalue weighted by Gasteiger charge is -2.31. The molecule has 0 saturated heterocycles. The van der Waals surface area contributed by atoms with Gasteiger partial charge in [0, 0.05) is 25.2 Å². The van der Waals surface area contributed by atoms with E-state index in [1.165, 1.54) is 12.8 Å². The van der Waals surface area contributed by atoms with Gasteiger partial charge in [-0.25, -0.2) is 18.5 Å². The van der Waals surface area contributed by atoms with Crippen LogP contribution >= 0.6 is 0 Å². The second-order valence-corrected chi connectivity index (χ2v) is 9.96. The molecule has 3 N–H and O–H groups in total. The molecule has 4 rings (SSSR count). The Morgan fingerprint density at radius 3 is 2.59 bits per heavy atom. The molecule has 0 atom stereocenters. The number of hydrogen-bond acceptors (Lipinski definition) is 6. The van der Waals surface area contributed by atoms with Crippen LogP contribution in [0.1, 0.15) is 62.3 Å². The Bertz CT molecular complexity index is 1000. The molecule has 1 aliphatic carbocycles. The van der Waals surface area contributed by atoms with E-state index in [4.69, 9.17) is 15.1 Å². The van der Waals surface area contributed by atoms with E-state index in [9.17, 15) is 8.42 Å². The van der Waals surface area contributed by atoms with E-state index < -0.39 is 10.0 Å². The predicted molar refractivity (Wildman–Crippen MR) is 115 cm³/mol. The third-order valence-corrected chi connectivity index (χ3v) is 6.77. The van der Waals surface area contributed by atoms with Crippen molar-refractivity contribution in [3.05, 3.63) is 41.1 Å². The van der Waals surface area contributed by atoms with Gasteiger partial charge in [0.1, 0.15) is 5.82 Å². The number of aromatic nitrogens is 2. The topological polar surface area (TPSA) is 101 Å². The van der Waals surface area contributed by atoms with Crippen LogP contribution in [-0.2, 0) is 23.0 Å². The number of sulfonamides is 1. The molecule has 2 heterocycles. The fourth-order valence-corrected chi connectivity index (χ4v) is 4.70. The van der Waals surface area contributed by atoms with Crippen LogP contribution in [0.25, 0.3) is 0 Å². The van der Waals surface area contributed by atoms with Gasteiger partial charge in [-0.2, -0.15) is 4.98 Å². The van der Waals surface area contributed by atoms with Crippen molar-refractivity contribution < 1.29 is 8.42 Å². The average Bonchev–Trinajstić information content (AvgIpc) is 3.19. The highest BCUT2D eigenvalue weighted by Gasteiger charge is 2.22. The first kappa shape index (κ1) is 20.1. The summed E-state index contributed by atoms with van der Waals surface area (Å²) in [7, 11) is -3.71. The summed E-state index contributed by atoms with van der Waals surface area (Å²) < 4.78 is 23.5. The number of nitrogens with zero attached hydrogens (tertiary/aromatic N) is 3. The van der Waals surface area contributed by atoms with Gasteiger partial charge < -0.3 is 10.2 Å². The zero-order valence-electron chi connectivity index (χ0n) is 17.1. The van der Waals surface area contributed by atoms with E-state index in [0.717, 1.165) is 48.4 Å². The highest BCUT2D eigenvalue weighted by atomic mass is 32.2. The van der Waals surface area contributed by atoms with E-state index in [-0.39, 0.29) is 4.90 Å². The van der Waals surface area contributed by atoms with Crippen LogP contribution in [-0.4, -0.2) is 31.0 Å². The number of nitrogens with two attached hydrogens (primary N) is 1. The molecule has 1 aromatic carbocycles. The molecule has 2 aromatic rings. The van der Waals surface area contributed by atoms with Crippen molar-refractivity contribution in [1.29, 1.82) is 0 Å². The van der Waals surface area contributed by atoms with Gasteiger partial charge in [-0.15, -0.1) is 0 Å². The Kier molecular flexibility index (Phi) is 5.48. The number of nitrogens with one attached hydrogen (secondary N) is 1. The van der Waals surface area contributed by atoms with Crippen molar-refractivity contribution in [2.24, 2.45) is 5.14 Å². The van der Waals surface area contributed by atoms with Gasteiger partial charge in [0.2, 0.25) is 16.0 Å². The lowest BCUT2D eigenvalue weighted by molar-refractivity contribution is 0.597. The maximum atomic E-state index is 11.7. The summed E-state index contributed by atoms with van der Waals surface area (Å²) in [5.41, 5.74) is 3.16. The van der Waals surface area contributed by atoms with Gasteiger partial charge in [0.05, 0.1) is 10.6 Å². The molecule has 1 fully saturated rings. The quantitative estimate of drug-likeness (QED) is 0.778. The summed E-state index contributed by atoms with van der Waals surface area (Å²) >= 11 is 0. The van der Waals surface area contributed by atoms with Crippen LogP contribution in [0.5, 0.6) is 0 Å². The van der Waals surface area contributed by atoms with Gasteiger partial charge in [0.15, 0.2) is 0 Å². The fourth-order valence-electron chi connectivity index (χ4n) is 4.13. The van der Waals surface area contributed by atoms with Crippen LogP contribution in [0.3, 0.4) is 0 Å². The molecule has 2 aliphatic rings. The Hall–Kier alpha value is -2.19. The molecule has 0 spiro atoms. The number of hydrogen-bond donors (Lipinski definition) is 2. The zero-order valence-corrected chi connectivity index (χ0v) is 17.9. The zero-order chi connectivity index (χ0) is 20.6. The molecule has 7 nitrogen and oxygen atoms in total. The van der Waals surface area contributed by atoms with Gasteiger partial charge in [-0.3, -0.25) is 0 Å². The minimum absolute atomic E-state index is 0.159. The summed E-state index contributed by atoms with van der Waals surface area (Å²) in [4.78, 5) is 11.9. The van der Waals surface area contributed by atoms with E-state index in [1.807, 2.05) is 6.07 Å². The van der Waals surface area contributed by atoms with Gasteiger partial charge in [0.25, 0.3) is 0 Å². The fraction of sp³-hybridized carbons (Fsp3) is 0.524. The highest BCUT2D eigenvalue weighted by Crippen LogP contribution is 2.28. The predicted octanol–water partition coefficient (Wildman–Crippen LogP) is 3.16. The van der Waals surface area contributed by atoms with Crippen molar-refractivity contribution in [2.45, 2.75) is 69.4 Å². The smallest absolute Gasteiger partial charge is 0.238 e. The molecule has 1 aromatic heterocycles. The van der Waals surface area contributed by atoms with Crippen molar-refractivity contribution in [3.63, 3.8) is 0 Å². The van der Waals surface area contributed by atoms with Gasteiger partial charge in [-0.1, -0.05) is 32.8 Å². The van der Waals surface area contributed by atoms with Crippen LogP contribution in [0.15, 0.2) is 29.2 Å². The first-order chi connectivity index (χ1) is 13.8. The Morgan fingerprint density at radius 2 is 1.90 bits per heavy atom. The third kappa shape index (κ3) is 4.53. The molecule has 0 bridgehead atoms. The lowest BCUT2D eigenvalue weighted by Crippen LogP contribution is -2.32. The molecule has 29 heavy (non-hydrogen) atoms. The SMILES string of the molecule is CC(C)c1cc(N2CCc3ccc(S(N)(=O)=O)cc3C2)nc(NC2CCCC2)n1. The van der Waals surface area contributed by atoms with Crippen LogP contribution < -0.4 is 15.4 Å². The molecular formula is C21H29N5O2S. The average molecular weight is 416 g/mol. The van der Waals surface area contributed by atoms with E-state index in [1.54, 1.807) is 12.1 Å². The van der Waals surface area contributed by atoms with E-state index >= 15 is 0 Å². The van der Waals surface area contributed by atoms with Gasteiger partial charge in [-0.05, 0) is 48.4 Å². The lowest BCUT2D eigenvalue weighted by atomic mass is 10.00. The second kappa shape index (κ2) is 7.91. The van der Waals surface area contributed by atoms with Crippen LogP contribution in [0.4, 0.5) is 11.8 Å². The normalized spacial score (nSPS) is 17.6. The highest BCUT2D eigenvalue weighted by molar-refractivity contribution is 7.89. The molecule has 156 valence electrons. The van der Waals surface area contributed by atoms with E-state index in [2.05, 4.69) is 30.1 Å². The van der Waals surface area contributed by atoms with Crippen molar-refractivity contribution in [1.82, 2.24) is 9.97 Å². The maximum Gasteiger partial charge on any atom is 0.238 e. The number of fused-ring (bicyclic) bond motifs is 1. The van der Waals surface area contributed by atoms with Crippen molar-refractivity contribution in [3.8, 4) is 0 Å². The first-order valence-electron chi connectivity index (χ1n) is 10.3. The number of benzene rings is 1. The molecule has 1 aliphatic heterocycles.